The summed E-state index contributed by atoms with van der Waals surface area (Å²) in [4.78, 5) is 0. The van der Waals surface area contributed by atoms with Crippen molar-refractivity contribution < 1.29 is 17.9 Å². The van der Waals surface area contributed by atoms with E-state index in [4.69, 9.17) is 4.74 Å². The van der Waals surface area contributed by atoms with Crippen LogP contribution in [0.4, 0.5) is 13.2 Å². The van der Waals surface area contributed by atoms with E-state index in [0.29, 0.717) is 6.04 Å². The van der Waals surface area contributed by atoms with Crippen molar-refractivity contribution in [2.75, 3.05) is 0 Å². The Balaban J connectivity index is 1.59. The molecule has 2 unspecified atom stereocenters. The standard InChI is InChI=1S/C19H25F3N2O/c1-3-14-9-15(11-23-14)24-12(2)13-4-5-18(17(20)8-13)25-16-6-7-19(21,22)10-16/h4-5,8,11-12,14,16,23-24H,3,6-7,9-10H2,1-2H3/t12-,14?,16?/m0/s1. The zero-order chi connectivity index (χ0) is 18.0. The van der Waals surface area contributed by atoms with Crippen LogP contribution in [0, 0.1) is 5.82 Å². The van der Waals surface area contributed by atoms with Crippen LogP contribution >= 0.6 is 0 Å². The van der Waals surface area contributed by atoms with Crippen LogP contribution in [-0.4, -0.2) is 18.1 Å². The molecule has 3 rings (SSSR count). The summed E-state index contributed by atoms with van der Waals surface area (Å²) in [7, 11) is 0. The summed E-state index contributed by atoms with van der Waals surface area (Å²) in [5.74, 6) is -3.16. The van der Waals surface area contributed by atoms with Gasteiger partial charge in [-0.3, -0.25) is 0 Å². The molecule has 0 saturated heterocycles. The van der Waals surface area contributed by atoms with Crippen molar-refractivity contribution in [3.63, 3.8) is 0 Å². The van der Waals surface area contributed by atoms with Gasteiger partial charge < -0.3 is 15.4 Å². The van der Waals surface area contributed by atoms with Crippen LogP contribution in [0.2, 0.25) is 0 Å². The van der Waals surface area contributed by atoms with Crippen LogP contribution in [0.3, 0.4) is 0 Å². The van der Waals surface area contributed by atoms with Crippen LogP contribution in [0.25, 0.3) is 0 Å². The Hall–Kier alpha value is -1.85. The topological polar surface area (TPSA) is 33.3 Å². The second-order valence-electron chi connectivity index (χ2n) is 7.04. The number of ether oxygens (including phenoxy) is 1. The lowest BCUT2D eigenvalue weighted by Crippen LogP contribution is -2.20. The zero-order valence-electron chi connectivity index (χ0n) is 14.6. The average molecular weight is 354 g/mol. The minimum atomic E-state index is -2.70. The molecule has 6 heteroatoms. The fourth-order valence-electron chi connectivity index (χ4n) is 3.40. The van der Waals surface area contributed by atoms with E-state index in [2.05, 4.69) is 17.6 Å². The fraction of sp³-hybridized carbons (Fsp3) is 0.579. The number of alkyl halides is 2. The number of halogens is 3. The van der Waals surface area contributed by atoms with E-state index in [1.165, 1.54) is 12.1 Å². The highest BCUT2D eigenvalue weighted by Gasteiger charge is 2.40. The minimum Gasteiger partial charge on any atom is -0.487 e. The average Bonchev–Trinajstić information content (AvgIpc) is 3.15. The number of hydrogen-bond acceptors (Lipinski definition) is 3. The fourth-order valence-corrected chi connectivity index (χ4v) is 3.40. The second-order valence-corrected chi connectivity index (χ2v) is 7.04. The largest absolute Gasteiger partial charge is 0.487 e. The van der Waals surface area contributed by atoms with Crippen molar-refractivity contribution in [3.8, 4) is 5.75 Å². The lowest BCUT2D eigenvalue weighted by Gasteiger charge is -2.19. The molecular weight excluding hydrogens is 329 g/mol. The van der Waals surface area contributed by atoms with Crippen molar-refractivity contribution in [3.05, 3.63) is 41.5 Å². The van der Waals surface area contributed by atoms with Gasteiger partial charge in [0.05, 0.1) is 0 Å². The third-order valence-electron chi connectivity index (χ3n) is 4.96. The monoisotopic (exact) mass is 354 g/mol. The van der Waals surface area contributed by atoms with E-state index in [1.54, 1.807) is 6.07 Å². The van der Waals surface area contributed by atoms with E-state index in [1.807, 2.05) is 13.1 Å². The first-order chi connectivity index (χ1) is 11.9. The van der Waals surface area contributed by atoms with Crippen LogP contribution < -0.4 is 15.4 Å². The molecule has 1 saturated carbocycles. The Morgan fingerprint density at radius 1 is 1.40 bits per heavy atom. The Kier molecular flexibility index (Phi) is 5.16. The zero-order valence-corrected chi connectivity index (χ0v) is 14.6. The van der Waals surface area contributed by atoms with Crippen molar-refractivity contribution in [1.82, 2.24) is 10.6 Å². The normalized spacial score (nSPS) is 26.0. The Labute approximate surface area is 146 Å². The molecule has 0 spiro atoms. The summed E-state index contributed by atoms with van der Waals surface area (Å²) in [5.41, 5.74) is 1.90. The van der Waals surface area contributed by atoms with E-state index in [-0.39, 0.29) is 31.1 Å². The molecule has 0 amide bonds. The van der Waals surface area contributed by atoms with Gasteiger partial charge in [-0.05, 0) is 37.5 Å². The summed E-state index contributed by atoms with van der Waals surface area (Å²) in [6.07, 6.45) is 3.06. The third kappa shape index (κ3) is 4.41. The highest BCUT2D eigenvalue weighted by Crippen LogP contribution is 2.37. The molecule has 1 fully saturated rings. The summed E-state index contributed by atoms with van der Waals surface area (Å²) in [6, 6.07) is 5.13. The quantitative estimate of drug-likeness (QED) is 0.780. The van der Waals surface area contributed by atoms with Gasteiger partial charge in [-0.1, -0.05) is 13.0 Å². The number of benzene rings is 1. The molecule has 2 N–H and O–H groups in total. The first-order valence-electron chi connectivity index (χ1n) is 8.92. The Morgan fingerprint density at radius 3 is 2.80 bits per heavy atom. The lowest BCUT2D eigenvalue weighted by molar-refractivity contribution is -0.00135. The molecule has 3 nitrogen and oxygen atoms in total. The van der Waals surface area contributed by atoms with Crippen LogP contribution in [0.15, 0.2) is 30.1 Å². The molecule has 0 bridgehead atoms. The lowest BCUT2D eigenvalue weighted by atomic mass is 10.1. The number of nitrogens with one attached hydrogen (secondary N) is 2. The predicted molar refractivity (Wildman–Crippen MR) is 91.1 cm³/mol. The molecule has 0 radical (unpaired) electrons. The van der Waals surface area contributed by atoms with Gasteiger partial charge in [0.1, 0.15) is 6.10 Å². The van der Waals surface area contributed by atoms with Crippen molar-refractivity contribution in [2.24, 2.45) is 0 Å². The highest BCUT2D eigenvalue weighted by molar-refractivity contribution is 5.32. The maximum atomic E-state index is 14.3. The smallest absolute Gasteiger partial charge is 0.251 e. The van der Waals surface area contributed by atoms with E-state index in [9.17, 15) is 13.2 Å². The van der Waals surface area contributed by atoms with Crippen LogP contribution in [0.5, 0.6) is 5.75 Å². The number of rotatable bonds is 6. The van der Waals surface area contributed by atoms with Crippen molar-refractivity contribution in [2.45, 2.75) is 70.1 Å². The summed E-state index contributed by atoms with van der Waals surface area (Å²) < 4.78 is 46.2. The maximum Gasteiger partial charge on any atom is 0.251 e. The molecule has 1 aromatic rings. The highest BCUT2D eigenvalue weighted by atomic mass is 19.3. The molecule has 3 atom stereocenters. The van der Waals surface area contributed by atoms with Gasteiger partial charge in [-0.25, -0.2) is 13.2 Å². The van der Waals surface area contributed by atoms with Crippen molar-refractivity contribution in [1.29, 1.82) is 0 Å². The van der Waals surface area contributed by atoms with Gasteiger partial charge >= 0.3 is 0 Å². The predicted octanol–water partition coefficient (Wildman–Crippen LogP) is 4.66. The summed E-state index contributed by atoms with van der Waals surface area (Å²) >= 11 is 0. The van der Waals surface area contributed by atoms with Gasteiger partial charge in [0, 0.05) is 43.2 Å². The summed E-state index contributed by atoms with van der Waals surface area (Å²) in [6.45, 7) is 4.10. The third-order valence-corrected chi connectivity index (χ3v) is 4.96. The molecule has 1 heterocycles. The molecule has 2 aliphatic rings. The Bertz CT molecular complexity index is 648. The molecule has 1 aliphatic heterocycles. The Morgan fingerprint density at radius 2 is 2.20 bits per heavy atom. The molecule has 1 aliphatic carbocycles. The number of hydrogen-bond donors (Lipinski definition) is 2. The molecule has 138 valence electrons. The van der Waals surface area contributed by atoms with Gasteiger partial charge in [0.15, 0.2) is 11.6 Å². The molecule has 25 heavy (non-hydrogen) atoms. The maximum absolute atomic E-state index is 14.3. The SMILES string of the molecule is CCC1CC(N[C@@H](C)c2ccc(OC3CCC(F)(F)C3)c(F)c2)=CN1. The van der Waals surface area contributed by atoms with E-state index in [0.717, 1.165) is 24.1 Å². The van der Waals surface area contributed by atoms with Gasteiger partial charge in [-0.15, -0.1) is 0 Å². The van der Waals surface area contributed by atoms with Gasteiger partial charge in [-0.2, -0.15) is 0 Å². The first kappa shape index (κ1) is 18.0. The van der Waals surface area contributed by atoms with Crippen LogP contribution in [0.1, 0.15) is 57.6 Å². The molecular formula is C19H25F3N2O. The molecule has 0 aromatic heterocycles. The summed E-state index contributed by atoms with van der Waals surface area (Å²) in [5, 5.41) is 6.68. The van der Waals surface area contributed by atoms with E-state index >= 15 is 0 Å². The molecule has 1 aromatic carbocycles. The first-order valence-corrected chi connectivity index (χ1v) is 8.92. The second kappa shape index (κ2) is 7.18. The minimum absolute atomic E-state index is 0.0476. The van der Waals surface area contributed by atoms with Crippen LogP contribution in [-0.2, 0) is 0 Å². The van der Waals surface area contributed by atoms with Gasteiger partial charge in [0.2, 0.25) is 0 Å². The van der Waals surface area contributed by atoms with E-state index < -0.39 is 17.8 Å². The van der Waals surface area contributed by atoms with Gasteiger partial charge in [0.25, 0.3) is 5.92 Å². The van der Waals surface area contributed by atoms with Crippen molar-refractivity contribution >= 4 is 0 Å².